The van der Waals surface area contributed by atoms with Crippen LogP contribution in [0.5, 0.6) is 0 Å². The van der Waals surface area contributed by atoms with Gasteiger partial charge in [0.05, 0.1) is 0 Å². The van der Waals surface area contributed by atoms with Gasteiger partial charge in [0.15, 0.2) is 0 Å². The second-order valence-electron chi connectivity index (χ2n) is 5.99. The maximum atomic E-state index is 11.9. The summed E-state index contributed by atoms with van der Waals surface area (Å²) in [6.07, 6.45) is 8.13. The van der Waals surface area contributed by atoms with Gasteiger partial charge in [-0.05, 0) is 32.2 Å². The van der Waals surface area contributed by atoms with Crippen LogP contribution >= 0.6 is 12.4 Å². The predicted octanol–water partition coefficient (Wildman–Crippen LogP) is 1.36. The van der Waals surface area contributed by atoms with E-state index >= 15 is 0 Å². The molecule has 1 atom stereocenters. The topological polar surface area (TPSA) is 70.2 Å². The van der Waals surface area contributed by atoms with Crippen LogP contribution in [0, 0.1) is 5.92 Å². The Balaban J connectivity index is 0.00000220. The lowest BCUT2D eigenvalue weighted by Crippen LogP contribution is -2.46. The van der Waals surface area contributed by atoms with Crippen LogP contribution in [0.25, 0.3) is 0 Å². The van der Waals surface area contributed by atoms with Gasteiger partial charge in [-0.2, -0.15) is 0 Å². The summed E-state index contributed by atoms with van der Waals surface area (Å²) in [6.45, 7) is 2.37. The molecule has 0 bridgehead atoms. The SMILES string of the molecule is Cl.O=C(CCNC(=O)C1CCCCC1)N[C@H]1CCCNC1. The molecule has 0 aromatic carbocycles. The number of nitrogens with one attached hydrogen (secondary N) is 3. The van der Waals surface area contributed by atoms with Crippen molar-refractivity contribution in [2.45, 2.75) is 57.4 Å². The number of hydrogen-bond donors (Lipinski definition) is 3. The molecule has 2 rings (SSSR count). The van der Waals surface area contributed by atoms with Gasteiger partial charge in [-0.15, -0.1) is 12.4 Å². The molecule has 0 radical (unpaired) electrons. The van der Waals surface area contributed by atoms with E-state index in [2.05, 4.69) is 16.0 Å². The maximum absolute atomic E-state index is 11.9. The maximum Gasteiger partial charge on any atom is 0.223 e. The summed E-state index contributed by atoms with van der Waals surface area (Å²) < 4.78 is 0. The fourth-order valence-electron chi connectivity index (χ4n) is 3.08. The molecule has 0 aromatic rings. The van der Waals surface area contributed by atoms with E-state index in [1.807, 2.05) is 0 Å². The van der Waals surface area contributed by atoms with Gasteiger partial charge in [0, 0.05) is 31.5 Å². The van der Waals surface area contributed by atoms with Crippen molar-refractivity contribution >= 4 is 24.2 Å². The van der Waals surface area contributed by atoms with E-state index in [1.54, 1.807) is 0 Å². The van der Waals surface area contributed by atoms with Crippen LogP contribution in [-0.2, 0) is 9.59 Å². The van der Waals surface area contributed by atoms with Gasteiger partial charge < -0.3 is 16.0 Å². The number of halogens is 1. The summed E-state index contributed by atoms with van der Waals surface area (Å²) in [5, 5.41) is 9.20. The Kier molecular flexibility index (Phi) is 8.69. The lowest BCUT2D eigenvalue weighted by Gasteiger charge is -2.24. The van der Waals surface area contributed by atoms with E-state index < -0.39 is 0 Å². The van der Waals surface area contributed by atoms with Gasteiger partial charge in [0.2, 0.25) is 11.8 Å². The number of piperidine rings is 1. The van der Waals surface area contributed by atoms with E-state index in [4.69, 9.17) is 0 Å². The van der Waals surface area contributed by atoms with Crippen molar-refractivity contribution in [3.05, 3.63) is 0 Å². The van der Waals surface area contributed by atoms with Crippen LogP contribution in [0.15, 0.2) is 0 Å². The Morgan fingerprint density at radius 1 is 1.05 bits per heavy atom. The summed E-state index contributed by atoms with van der Waals surface area (Å²) in [4.78, 5) is 23.7. The monoisotopic (exact) mass is 317 g/mol. The van der Waals surface area contributed by atoms with Crippen molar-refractivity contribution in [3.63, 3.8) is 0 Å². The third-order valence-corrected chi connectivity index (χ3v) is 4.29. The molecule has 0 spiro atoms. The number of carbonyl (C=O) groups is 2. The molecule has 122 valence electrons. The average molecular weight is 318 g/mol. The molecule has 1 saturated carbocycles. The summed E-state index contributed by atoms with van der Waals surface area (Å²) in [5.74, 6) is 0.355. The van der Waals surface area contributed by atoms with Gasteiger partial charge in [-0.3, -0.25) is 9.59 Å². The van der Waals surface area contributed by atoms with Crippen LogP contribution in [0.3, 0.4) is 0 Å². The summed E-state index contributed by atoms with van der Waals surface area (Å²) in [6, 6.07) is 0.255. The first-order valence-corrected chi connectivity index (χ1v) is 8.03. The highest BCUT2D eigenvalue weighted by atomic mass is 35.5. The minimum atomic E-state index is 0. The highest BCUT2D eigenvalue weighted by Crippen LogP contribution is 2.23. The second kappa shape index (κ2) is 10.0. The molecular weight excluding hydrogens is 290 g/mol. The Morgan fingerprint density at radius 3 is 2.48 bits per heavy atom. The summed E-state index contributed by atoms with van der Waals surface area (Å²) in [5.41, 5.74) is 0. The van der Waals surface area contributed by atoms with Gasteiger partial charge in [0.1, 0.15) is 0 Å². The van der Waals surface area contributed by atoms with E-state index in [1.165, 1.54) is 6.42 Å². The zero-order chi connectivity index (χ0) is 14.2. The molecule has 2 amide bonds. The number of amides is 2. The van der Waals surface area contributed by atoms with Crippen molar-refractivity contribution in [2.75, 3.05) is 19.6 Å². The third-order valence-electron chi connectivity index (χ3n) is 4.29. The molecule has 5 nitrogen and oxygen atoms in total. The van der Waals surface area contributed by atoms with Crippen molar-refractivity contribution < 1.29 is 9.59 Å². The third kappa shape index (κ3) is 6.66. The Labute approximate surface area is 133 Å². The first-order valence-electron chi connectivity index (χ1n) is 8.03. The zero-order valence-corrected chi connectivity index (χ0v) is 13.5. The van der Waals surface area contributed by atoms with Crippen LogP contribution in [0.1, 0.15) is 51.4 Å². The Bertz CT molecular complexity index is 327. The molecule has 3 N–H and O–H groups in total. The lowest BCUT2D eigenvalue weighted by molar-refractivity contribution is -0.126. The molecule has 0 unspecified atom stereocenters. The smallest absolute Gasteiger partial charge is 0.223 e. The van der Waals surface area contributed by atoms with E-state index in [0.29, 0.717) is 13.0 Å². The molecule has 0 aromatic heterocycles. The largest absolute Gasteiger partial charge is 0.355 e. The van der Waals surface area contributed by atoms with E-state index in [-0.39, 0.29) is 36.2 Å². The number of hydrogen-bond acceptors (Lipinski definition) is 3. The van der Waals surface area contributed by atoms with Crippen LogP contribution in [-0.4, -0.2) is 37.5 Å². The van der Waals surface area contributed by atoms with Crippen LogP contribution < -0.4 is 16.0 Å². The lowest BCUT2D eigenvalue weighted by atomic mass is 9.89. The zero-order valence-electron chi connectivity index (χ0n) is 12.7. The van der Waals surface area contributed by atoms with Gasteiger partial charge in [-0.25, -0.2) is 0 Å². The van der Waals surface area contributed by atoms with Crippen LogP contribution in [0.4, 0.5) is 0 Å². The molecule has 1 aliphatic carbocycles. The number of rotatable bonds is 5. The Morgan fingerprint density at radius 2 is 1.81 bits per heavy atom. The highest BCUT2D eigenvalue weighted by Gasteiger charge is 2.21. The minimum Gasteiger partial charge on any atom is -0.355 e. The Hall–Kier alpha value is -0.810. The van der Waals surface area contributed by atoms with Gasteiger partial charge >= 0.3 is 0 Å². The predicted molar refractivity (Wildman–Crippen MR) is 85.5 cm³/mol. The normalized spacial score (nSPS) is 23.0. The van der Waals surface area contributed by atoms with Crippen molar-refractivity contribution in [1.29, 1.82) is 0 Å². The fourth-order valence-corrected chi connectivity index (χ4v) is 3.08. The minimum absolute atomic E-state index is 0. The molecule has 1 saturated heterocycles. The first-order chi connectivity index (χ1) is 9.75. The van der Waals surface area contributed by atoms with Gasteiger partial charge in [-0.1, -0.05) is 19.3 Å². The molecule has 6 heteroatoms. The van der Waals surface area contributed by atoms with E-state index in [9.17, 15) is 9.59 Å². The van der Waals surface area contributed by atoms with Crippen molar-refractivity contribution in [1.82, 2.24) is 16.0 Å². The molecule has 2 aliphatic rings. The fraction of sp³-hybridized carbons (Fsp3) is 0.867. The molecule has 1 heterocycles. The molecule has 2 fully saturated rings. The average Bonchev–Trinajstić information content (AvgIpc) is 2.49. The first kappa shape index (κ1) is 18.2. The highest BCUT2D eigenvalue weighted by molar-refractivity contribution is 5.85. The van der Waals surface area contributed by atoms with E-state index in [0.717, 1.165) is 51.6 Å². The number of carbonyl (C=O) groups excluding carboxylic acids is 2. The van der Waals surface area contributed by atoms with Crippen molar-refractivity contribution in [2.24, 2.45) is 5.92 Å². The van der Waals surface area contributed by atoms with Crippen molar-refractivity contribution in [3.8, 4) is 0 Å². The molecule has 1 aliphatic heterocycles. The molecular formula is C15H28ClN3O2. The molecule has 21 heavy (non-hydrogen) atoms. The van der Waals surface area contributed by atoms with Gasteiger partial charge in [0.25, 0.3) is 0 Å². The second-order valence-corrected chi connectivity index (χ2v) is 5.99. The standard InChI is InChI=1S/C15H27N3O2.ClH/c19-14(18-13-7-4-9-16-11-13)8-10-17-15(20)12-5-2-1-3-6-12;/h12-13,16H,1-11H2,(H,17,20)(H,18,19);1H/t13-;/m0./s1. The van der Waals surface area contributed by atoms with Crippen LogP contribution in [0.2, 0.25) is 0 Å². The quantitative estimate of drug-likeness (QED) is 0.717. The summed E-state index contributed by atoms with van der Waals surface area (Å²) >= 11 is 0. The summed E-state index contributed by atoms with van der Waals surface area (Å²) in [7, 11) is 0.